The van der Waals surface area contributed by atoms with Crippen LogP contribution in [0.3, 0.4) is 0 Å². The van der Waals surface area contributed by atoms with Crippen molar-refractivity contribution in [3.05, 3.63) is 28.3 Å². The number of carbonyl (C=O) groups is 1. The van der Waals surface area contributed by atoms with Gasteiger partial charge in [-0.2, -0.15) is 0 Å². The first-order valence-corrected chi connectivity index (χ1v) is 10.3. The van der Waals surface area contributed by atoms with Crippen LogP contribution in [0.15, 0.2) is 21.5 Å². The molecule has 2 aliphatic rings. The molecule has 3 heterocycles. The maximum Gasteiger partial charge on any atom is 0.258 e. The van der Waals surface area contributed by atoms with Crippen LogP contribution in [0.2, 0.25) is 0 Å². The van der Waals surface area contributed by atoms with Gasteiger partial charge in [-0.25, -0.2) is 8.42 Å². The largest absolute Gasteiger partial charge is 0.477 e. The topological polar surface area (TPSA) is 115 Å². The van der Waals surface area contributed by atoms with Gasteiger partial charge in [-0.05, 0) is 6.42 Å². The quantitative estimate of drug-likeness (QED) is 0.673. The van der Waals surface area contributed by atoms with Crippen LogP contribution in [0, 0.1) is 0 Å². The molecule has 26 heavy (non-hydrogen) atoms. The predicted octanol–water partition coefficient (Wildman–Crippen LogP) is -0.846. The fourth-order valence-electron chi connectivity index (χ4n) is 2.93. The number of hydrogen-bond acceptors (Lipinski definition) is 8. The second kappa shape index (κ2) is 8.19. The number of nitrogens with one attached hydrogen (secondary N) is 1. The lowest BCUT2D eigenvalue weighted by atomic mass is 10.2. The Morgan fingerprint density at radius 1 is 1.35 bits per heavy atom. The smallest absolute Gasteiger partial charge is 0.258 e. The van der Waals surface area contributed by atoms with E-state index in [1.54, 1.807) is 0 Å². The summed E-state index contributed by atoms with van der Waals surface area (Å²) in [5, 5.41) is 2.60. The molecular formula is C16H22N2O7S. The molecule has 0 radical (unpaired) electrons. The molecule has 1 N–H and O–H groups in total. The molecule has 10 heteroatoms. The SMILES string of the molecule is O=C(COc1coc(CN2CCOCC2)cc1=O)N[C@@H]1CCS(=O)(=O)C1. The van der Waals surface area contributed by atoms with Crippen LogP contribution in [0.25, 0.3) is 0 Å². The lowest BCUT2D eigenvalue weighted by molar-refractivity contribution is -0.123. The number of ether oxygens (including phenoxy) is 2. The Kier molecular flexibility index (Phi) is 5.94. The molecule has 3 rings (SSSR count). The lowest BCUT2D eigenvalue weighted by Crippen LogP contribution is -2.38. The minimum atomic E-state index is -3.06. The van der Waals surface area contributed by atoms with Gasteiger partial charge < -0.3 is 19.2 Å². The number of hydrogen-bond donors (Lipinski definition) is 1. The van der Waals surface area contributed by atoms with E-state index in [9.17, 15) is 18.0 Å². The molecule has 2 saturated heterocycles. The van der Waals surface area contributed by atoms with E-state index in [4.69, 9.17) is 13.9 Å². The Labute approximate surface area is 151 Å². The summed E-state index contributed by atoms with van der Waals surface area (Å²) in [6.45, 7) is 3.00. The Hall–Kier alpha value is -1.91. The van der Waals surface area contributed by atoms with Gasteiger partial charge in [0.1, 0.15) is 12.0 Å². The normalized spacial score (nSPS) is 22.8. The monoisotopic (exact) mass is 386 g/mol. The first-order valence-electron chi connectivity index (χ1n) is 8.46. The van der Waals surface area contributed by atoms with Gasteiger partial charge in [-0.15, -0.1) is 0 Å². The van der Waals surface area contributed by atoms with E-state index in [1.807, 2.05) is 0 Å². The van der Waals surface area contributed by atoms with Crippen molar-refractivity contribution in [1.82, 2.24) is 10.2 Å². The summed E-state index contributed by atoms with van der Waals surface area (Å²) >= 11 is 0. The average Bonchev–Trinajstić information content (AvgIpc) is 2.93. The molecule has 0 aromatic carbocycles. The maximum absolute atomic E-state index is 12.1. The van der Waals surface area contributed by atoms with Crippen molar-refractivity contribution < 1.29 is 27.1 Å². The first kappa shape index (κ1) is 18.9. The average molecular weight is 386 g/mol. The Balaban J connectivity index is 1.48. The summed E-state index contributed by atoms with van der Waals surface area (Å²) in [6.07, 6.45) is 1.60. The van der Waals surface area contributed by atoms with Crippen LogP contribution in [-0.4, -0.2) is 69.7 Å². The summed E-state index contributed by atoms with van der Waals surface area (Å²) in [5.74, 6) is 0.0167. The Bertz CT molecular complexity index is 799. The van der Waals surface area contributed by atoms with Gasteiger partial charge in [-0.1, -0.05) is 0 Å². The van der Waals surface area contributed by atoms with Gasteiger partial charge in [0.15, 0.2) is 16.4 Å². The Morgan fingerprint density at radius 3 is 2.77 bits per heavy atom. The standard InChI is InChI=1S/C16H22N2O7S/c19-14-7-13(8-18-2-4-23-5-3-18)24-9-15(14)25-10-16(20)17-12-1-6-26(21,22)11-12/h7,9,12H,1-6,8,10-11H2,(H,17,20)/t12-/m1/s1. The van der Waals surface area contributed by atoms with Crippen molar-refractivity contribution in [2.75, 3.05) is 44.4 Å². The molecule has 1 aromatic heterocycles. The number of nitrogens with zero attached hydrogens (tertiary/aromatic N) is 1. The van der Waals surface area contributed by atoms with E-state index >= 15 is 0 Å². The molecule has 1 aromatic rings. The molecular weight excluding hydrogens is 364 g/mol. The van der Waals surface area contributed by atoms with Crippen molar-refractivity contribution in [1.29, 1.82) is 0 Å². The zero-order valence-electron chi connectivity index (χ0n) is 14.3. The maximum atomic E-state index is 12.1. The molecule has 1 amide bonds. The molecule has 9 nitrogen and oxygen atoms in total. The van der Waals surface area contributed by atoms with E-state index in [-0.39, 0.29) is 29.3 Å². The molecule has 0 aliphatic carbocycles. The molecule has 2 fully saturated rings. The third kappa shape index (κ3) is 5.29. The molecule has 2 aliphatic heterocycles. The van der Waals surface area contributed by atoms with Crippen LogP contribution < -0.4 is 15.5 Å². The first-order chi connectivity index (χ1) is 12.4. The highest BCUT2D eigenvalue weighted by Gasteiger charge is 2.29. The van der Waals surface area contributed by atoms with Gasteiger partial charge in [0, 0.05) is 25.2 Å². The minimum absolute atomic E-state index is 0.0510. The highest BCUT2D eigenvalue weighted by molar-refractivity contribution is 7.91. The van der Waals surface area contributed by atoms with Crippen LogP contribution in [0.4, 0.5) is 0 Å². The second-order valence-electron chi connectivity index (χ2n) is 6.42. The molecule has 144 valence electrons. The number of morpholine rings is 1. The predicted molar refractivity (Wildman–Crippen MR) is 91.8 cm³/mol. The second-order valence-corrected chi connectivity index (χ2v) is 8.65. The van der Waals surface area contributed by atoms with E-state index in [0.717, 1.165) is 13.1 Å². The lowest BCUT2D eigenvalue weighted by Gasteiger charge is -2.25. The molecule has 0 bridgehead atoms. The van der Waals surface area contributed by atoms with Crippen molar-refractivity contribution in [2.45, 2.75) is 19.0 Å². The highest BCUT2D eigenvalue weighted by atomic mass is 32.2. The highest BCUT2D eigenvalue weighted by Crippen LogP contribution is 2.12. The fraction of sp³-hybridized carbons (Fsp3) is 0.625. The van der Waals surface area contributed by atoms with Crippen LogP contribution in [0.5, 0.6) is 5.75 Å². The summed E-state index contributed by atoms with van der Waals surface area (Å²) < 4.78 is 38.6. The van der Waals surface area contributed by atoms with Gasteiger partial charge in [-0.3, -0.25) is 14.5 Å². The Morgan fingerprint density at radius 2 is 2.12 bits per heavy atom. The minimum Gasteiger partial charge on any atom is -0.477 e. The van der Waals surface area contributed by atoms with Crippen LogP contribution in [-0.2, 0) is 25.9 Å². The van der Waals surface area contributed by atoms with Crippen LogP contribution in [0.1, 0.15) is 12.2 Å². The number of sulfone groups is 1. The van der Waals surface area contributed by atoms with E-state index < -0.39 is 21.8 Å². The van der Waals surface area contributed by atoms with Crippen molar-refractivity contribution in [3.8, 4) is 5.75 Å². The molecule has 0 unspecified atom stereocenters. The van der Waals surface area contributed by atoms with Gasteiger partial charge in [0.25, 0.3) is 5.91 Å². The zero-order chi connectivity index (χ0) is 18.6. The number of carbonyl (C=O) groups excluding carboxylic acids is 1. The van der Waals surface area contributed by atoms with Crippen molar-refractivity contribution in [3.63, 3.8) is 0 Å². The fourth-order valence-corrected chi connectivity index (χ4v) is 4.60. The molecule has 0 saturated carbocycles. The van der Waals surface area contributed by atoms with Crippen molar-refractivity contribution >= 4 is 15.7 Å². The number of amides is 1. The zero-order valence-corrected chi connectivity index (χ0v) is 15.1. The molecule has 0 spiro atoms. The summed E-state index contributed by atoms with van der Waals surface area (Å²) in [4.78, 5) is 26.0. The van der Waals surface area contributed by atoms with Crippen LogP contribution >= 0.6 is 0 Å². The van der Waals surface area contributed by atoms with E-state index in [1.165, 1.54) is 12.3 Å². The van der Waals surface area contributed by atoms with E-state index in [0.29, 0.717) is 31.9 Å². The van der Waals surface area contributed by atoms with Gasteiger partial charge >= 0.3 is 0 Å². The third-order valence-corrected chi connectivity index (χ3v) is 6.06. The summed E-state index contributed by atoms with van der Waals surface area (Å²) in [5.41, 5.74) is -0.365. The van der Waals surface area contributed by atoms with Gasteiger partial charge in [0.05, 0.1) is 31.3 Å². The molecule has 1 atom stereocenters. The summed E-state index contributed by atoms with van der Waals surface area (Å²) in [6, 6.07) is 0.954. The van der Waals surface area contributed by atoms with E-state index in [2.05, 4.69) is 10.2 Å². The number of rotatable bonds is 6. The summed E-state index contributed by atoms with van der Waals surface area (Å²) in [7, 11) is -3.06. The van der Waals surface area contributed by atoms with Gasteiger partial charge in [0.2, 0.25) is 11.2 Å². The third-order valence-electron chi connectivity index (χ3n) is 4.29. The van der Waals surface area contributed by atoms with Crippen molar-refractivity contribution in [2.24, 2.45) is 0 Å².